The number of rotatable bonds is 39. The summed E-state index contributed by atoms with van der Waals surface area (Å²) in [6.45, 7) is 10.4. The van der Waals surface area contributed by atoms with Crippen LogP contribution in [0.5, 0.6) is 17.2 Å². The number of nitrogens with zero attached hydrogens (tertiary/aromatic N) is 9. The van der Waals surface area contributed by atoms with Gasteiger partial charge in [0.25, 0.3) is 35.4 Å². The minimum atomic E-state index is -7.03. The lowest BCUT2D eigenvalue weighted by Crippen LogP contribution is -2.39. The number of hydrogen-bond donors (Lipinski definition) is 0. The first kappa shape index (κ1) is 94.0. The minimum absolute atomic E-state index is 0.0699. The Hall–Kier alpha value is -16.4. The molecule has 18 aromatic rings. The molecule has 0 aliphatic heterocycles. The van der Waals surface area contributed by atoms with Gasteiger partial charge in [-0.25, -0.2) is 17.7 Å². The number of benzene rings is 12. The molecule has 0 saturated carbocycles. The van der Waals surface area contributed by atoms with Crippen LogP contribution in [0.4, 0.5) is 30.2 Å². The van der Waals surface area contributed by atoms with Crippen LogP contribution in [0, 0.1) is 17.5 Å². The second-order valence-electron chi connectivity index (χ2n) is 32.6. The summed E-state index contributed by atoms with van der Waals surface area (Å²) in [5.74, 6) is -9.28. The number of halogens is 3. The second kappa shape index (κ2) is 42.9. The second-order valence-corrected chi connectivity index (χ2v) is 34.0. The molecule has 0 unspecified atom stereocenters. The lowest BCUT2D eigenvalue weighted by molar-refractivity contribution is 0.0543. The third-order valence-electron chi connectivity index (χ3n) is 23.6. The molecule has 6 heterocycles. The molecule has 0 spiro atoms. The topological polar surface area (TPSA) is 290 Å². The largest absolute Gasteiger partial charge is 0.541 e. The minimum Gasteiger partial charge on any atom is -0.493 e. The molecule has 3 amide bonds. The number of ether oxygens (including phenoxy) is 3. The number of carbonyl (C=O) groups is 3. The fourth-order valence-corrected chi connectivity index (χ4v) is 18.2. The maximum Gasteiger partial charge on any atom is 0.541 e. The zero-order valence-corrected chi connectivity index (χ0v) is 78.0. The van der Waals surface area contributed by atoms with Gasteiger partial charge in [0.15, 0.2) is 17.3 Å². The van der Waals surface area contributed by atoms with Gasteiger partial charge in [0, 0.05) is 52.6 Å². The van der Waals surface area contributed by atoms with E-state index in [4.69, 9.17) is 54.6 Å². The summed E-state index contributed by atoms with van der Waals surface area (Å²) in [7, 11) is -7.03. The Labute approximate surface area is 803 Å². The van der Waals surface area contributed by atoms with Crippen molar-refractivity contribution in [2.45, 2.75) is 99.3 Å². The average Bonchev–Trinajstić information content (AvgIpc) is 1.25. The maximum atomic E-state index is 19.2. The SMILES string of the molecule is CCOc1c(C(=O)N(OP(=O)(ON(C(=O)c2cc(CC)c(Cc3ccccc3)c(Cc3ccccc3)c2OCC)c2cc(-c3nnc(-c4ccco4)o3)ccc2F)ON(C(=O)c2cc(CC)c(Cc3ccccc3)c(Cc3ccccc3)c2OCC)c2cc(-c3nnc(-c4ccco4)o3)ccc2F)c2cc(-c3nnc(-c4ccco4)o3)ccc2F)cc(CC)c(Cc2ccccc2)c1Cc1ccccc1. The molecular formula is C111H93F3N9O16P. The van der Waals surface area contributed by atoms with E-state index in [9.17, 15) is 0 Å². The molecule has 0 N–H and O–H groups in total. The standard InChI is InChI=1S/C111H93F3N9O16P/c1-7-76-64-88(100(128-10-4)85(61-73-40-25-16-26-41-73)82(76)58-70-34-19-13-20-35-70)109(124)121(94-67-79(49-52-91(94)112)103-115-118-106(134-103)97-46-31-55-131-97)137-140(127,138-122(95-68-80(50-53-92(95)113)104-116-119-107(135-104)98-47-32-56-132-98)110(125)89-65-77(8-2)83(59-71-36-21-14-22-37-71)86(101(89)129-11-5)62-74-42-27-17-28-43-74)139-123(96-69-81(51-54-93(96)114)105-117-120-108(136-105)99-48-33-57-133-99)111(126)90-66-78(9-3)84(60-72-38-23-15-24-39-72)87(102(90)130-12-6)63-75-44-29-18-30-45-75/h13-57,64-69H,7-12,58-63H2,1-6H3. The molecule has 0 bridgehead atoms. The molecule has 0 aliphatic carbocycles. The zero-order valence-electron chi connectivity index (χ0n) is 77.1. The lowest BCUT2D eigenvalue weighted by atomic mass is 9.87. The average molecular weight is 1900 g/mol. The van der Waals surface area contributed by atoms with Crippen molar-refractivity contribution >= 4 is 42.6 Å². The third kappa shape index (κ3) is 20.7. The van der Waals surface area contributed by atoms with Crippen LogP contribution in [0.1, 0.15) is 156 Å². The molecular weight excluding hydrogens is 1800 g/mol. The smallest absolute Gasteiger partial charge is 0.493 e. The normalized spacial score (nSPS) is 11.4. The molecule has 12 aromatic carbocycles. The predicted octanol–water partition coefficient (Wildman–Crippen LogP) is 25.7. The first-order valence-electron chi connectivity index (χ1n) is 45.8. The van der Waals surface area contributed by atoms with Crippen molar-refractivity contribution < 1.29 is 86.7 Å². The molecule has 29 heteroatoms. The molecule has 140 heavy (non-hydrogen) atoms. The summed E-state index contributed by atoms with van der Waals surface area (Å²) >= 11 is 0. The number of amides is 3. The van der Waals surface area contributed by atoms with Gasteiger partial charge in [-0.1, -0.05) is 203 Å². The Kier molecular flexibility index (Phi) is 28.8. The van der Waals surface area contributed by atoms with Crippen LogP contribution in [-0.2, 0) is 76.2 Å². The number of carbonyl (C=O) groups excluding carboxylic acids is 3. The summed E-state index contributed by atoms with van der Waals surface area (Å²) in [6.07, 6.45) is 6.05. The Morgan fingerprint density at radius 2 is 0.529 bits per heavy atom. The van der Waals surface area contributed by atoms with Crippen LogP contribution in [0.25, 0.3) is 69.3 Å². The van der Waals surface area contributed by atoms with Crippen LogP contribution in [0.2, 0.25) is 0 Å². The van der Waals surface area contributed by atoms with E-state index in [0.717, 1.165) is 86.5 Å². The van der Waals surface area contributed by atoms with Gasteiger partial charge in [-0.3, -0.25) is 14.4 Å². The monoisotopic (exact) mass is 1900 g/mol. The van der Waals surface area contributed by atoms with Crippen molar-refractivity contribution in [1.29, 1.82) is 0 Å². The van der Waals surface area contributed by atoms with Gasteiger partial charge < -0.3 is 40.7 Å². The molecule has 6 aromatic heterocycles. The molecule has 0 atom stereocenters. The molecule has 0 radical (unpaired) electrons. The van der Waals surface area contributed by atoms with Crippen LogP contribution < -0.4 is 29.4 Å². The quantitative estimate of drug-likeness (QED) is 0.0255. The number of hydrogen-bond acceptors (Lipinski definition) is 22. The fourth-order valence-electron chi connectivity index (χ4n) is 17.0. The Morgan fingerprint density at radius 1 is 0.293 bits per heavy atom. The van der Waals surface area contributed by atoms with Crippen molar-refractivity contribution in [3.8, 4) is 86.6 Å². The van der Waals surface area contributed by atoms with E-state index >= 15 is 32.1 Å². The van der Waals surface area contributed by atoms with E-state index in [-0.39, 0.29) is 177 Å². The van der Waals surface area contributed by atoms with Crippen LogP contribution in [0.3, 0.4) is 0 Å². The lowest BCUT2D eigenvalue weighted by Gasteiger charge is -2.33. The predicted molar refractivity (Wildman–Crippen MR) is 520 cm³/mol. The molecule has 704 valence electrons. The summed E-state index contributed by atoms with van der Waals surface area (Å²) in [4.78, 5) is 53.7. The van der Waals surface area contributed by atoms with E-state index in [1.807, 2.05) is 203 Å². The number of furan rings is 3. The van der Waals surface area contributed by atoms with Gasteiger partial charge in [-0.15, -0.1) is 30.6 Å². The zero-order chi connectivity index (χ0) is 96.8. The highest BCUT2D eigenvalue weighted by Crippen LogP contribution is 2.57. The van der Waals surface area contributed by atoms with E-state index in [2.05, 4.69) is 30.6 Å². The Balaban J connectivity index is 0.940. The highest BCUT2D eigenvalue weighted by atomic mass is 31.2. The molecule has 25 nitrogen and oxygen atoms in total. The van der Waals surface area contributed by atoms with E-state index in [1.54, 1.807) is 75.4 Å². The van der Waals surface area contributed by atoms with E-state index < -0.39 is 60.1 Å². The third-order valence-corrected chi connectivity index (χ3v) is 24.7. The van der Waals surface area contributed by atoms with E-state index in [0.29, 0.717) is 52.6 Å². The number of anilines is 3. The highest BCUT2D eigenvalue weighted by Gasteiger charge is 2.48. The van der Waals surface area contributed by atoms with Gasteiger partial charge in [0.2, 0.25) is 17.7 Å². The number of aryl methyl sites for hydroxylation is 3. The van der Waals surface area contributed by atoms with Crippen molar-refractivity contribution in [3.63, 3.8) is 0 Å². The maximum absolute atomic E-state index is 19.2. The van der Waals surface area contributed by atoms with Crippen molar-refractivity contribution in [2.75, 3.05) is 35.0 Å². The number of phosphoric acid groups is 1. The van der Waals surface area contributed by atoms with Gasteiger partial charge in [-0.05, 0) is 235 Å². The first-order chi connectivity index (χ1) is 68.4. The van der Waals surface area contributed by atoms with Crippen molar-refractivity contribution in [3.05, 3.63) is 428 Å². The van der Waals surface area contributed by atoms with Crippen LogP contribution >= 0.6 is 7.82 Å². The summed E-state index contributed by atoms with van der Waals surface area (Å²) in [5, 5.41) is 26.5. The highest BCUT2D eigenvalue weighted by molar-refractivity contribution is 7.48. The van der Waals surface area contributed by atoms with Crippen molar-refractivity contribution in [1.82, 2.24) is 30.6 Å². The Bertz CT molecular complexity index is 6750. The molecule has 0 aliphatic rings. The molecule has 0 fully saturated rings. The van der Waals surface area contributed by atoms with Gasteiger partial charge in [-0.2, -0.15) is 29.1 Å². The van der Waals surface area contributed by atoms with E-state index in [1.165, 1.54) is 37.0 Å². The van der Waals surface area contributed by atoms with Crippen molar-refractivity contribution in [2.24, 2.45) is 0 Å². The summed E-state index contributed by atoms with van der Waals surface area (Å²) < 4.78 is 154. The molecule has 0 saturated heterocycles. The van der Waals surface area contributed by atoms with Gasteiger partial charge in [0.1, 0.15) is 51.8 Å². The van der Waals surface area contributed by atoms with Gasteiger partial charge >= 0.3 is 7.82 Å². The first-order valence-corrected chi connectivity index (χ1v) is 47.3. The van der Waals surface area contributed by atoms with Crippen LogP contribution in [-0.4, -0.2) is 68.1 Å². The fraction of sp³-hybridized carbons (Fsp3) is 0.162. The molecule has 18 rings (SSSR count). The number of aromatic nitrogens is 6. The van der Waals surface area contributed by atoms with Gasteiger partial charge in [0.05, 0.1) is 55.3 Å². The summed E-state index contributed by atoms with van der Waals surface area (Å²) in [5.41, 5.74) is 6.00. The summed E-state index contributed by atoms with van der Waals surface area (Å²) in [6, 6.07) is 80.8. The Morgan fingerprint density at radius 3 is 0.750 bits per heavy atom. The number of hydroxylamine groups is 3. The van der Waals surface area contributed by atoms with Crippen LogP contribution in [0.15, 0.2) is 336 Å².